The first-order valence-corrected chi connectivity index (χ1v) is 9.36. The van der Waals surface area contributed by atoms with Crippen molar-refractivity contribution in [3.05, 3.63) is 24.8 Å². The molecule has 0 aromatic carbocycles. The molecule has 13 nitrogen and oxygen atoms in total. The van der Waals surface area contributed by atoms with Gasteiger partial charge in [-0.25, -0.2) is 24.5 Å². The van der Waals surface area contributed by atoms with Gasteiger partial charge in [-0.3, -0.25) is 4.57 Å². The minimum atomic E-state index is -3.67. The van der Waals surface area contributed by atoms with Gasteiger partial charge < -0.3 is 34.7 Å². The highest BCUT2D eigenvalue weighted by Gasteiger charge is 2.19. The summed E-state index contributed by atoms with van der Waals surface area (Å²) < 4.78 is 22.8. The minimum absolute atomic E-state index is 0.307. The lowest BCUT2D eigenvalue weighted by molar-refractivity contribution is -0.134. The van der Waals surface area contributed by atoms with E-state index in [1.807, 2.05) is 0 Å². The molecule has 0 saturated carbocycles. The molecule has 0 radical (unpaired) electrons. The van der Waals surface area contributed by atoms with E-state index in [9.17, 15) is 19.0 Å². The number of carboxylic acid groups (broad SMARTS) is 2. The molecule has 1 unspecified atom stereocenters. The first kappa shape index (κ1) is 23.2. The number of nitrogens with zero attached hydrogens (tertiary/aromatic N) is 4. The van der Waals surface area contributed by atoms with Gasteiger partial charge in [0.25, 0.3) is 0 Å². The van der Waals surface area contributed by atoms with Crippen molar-refractivity contribution in [3.8, 4) is 0 Å². The summed E-state index contributed by atoms with van der Waals surface area (Å²) in [6.07, 6.45) is 3.36. The molecule has 0 fully saturated rings. The summed E-state index contributed by atoms with van der Waals surface area (Å²) in [7, 11) is -2.50. The molecule has 5 N–H and O–H groups in total. The number of carboxylic acids is 2. The minimum Gasteiger partial charge on any atom is -0.478 e. The van der Waals surface area contributed by atoms with Crippen LogP contribution in [0.15, 0.2) is 24.8 Å². The van der Waals surface area contributed by atoms with Crippen molar-refractivity contribution in [2.75, 3.05) is 19.2 Å². The van der Waals surface area contributed by atoms with Crippen LogP contribution in [0.25, 0.3) is 11.2 Å². The van der Waals surface area contributed by atoms with Crippen molar-refractivity contribution in [1.29, 1.82) is 0 Å². The summed E-state index contributed by atoms with van der Waals surface area (Å²) >= 11 is 0. The maximum atomic E-state index is 11.3. The Bertz CT molecular complexity index is 883. The second-order valence-electron chi connectivity index (χ2n) is 5.26. The molecule has 28 heavy (non-hydrogen) atoms. The van der Waals surface area contributed by atoms with Crippen molar-refractivity contribution in [2.45, 2.75) is 19.6 Å². The lowest BCUT2D eigenvalue weighted by Gasteiger charge is -2.16. The molecule has 0 aliphatic rings. The molecule has 2 atom stereocenters. The number of aliphatic carboxylic acids is 2. The summed E-state index contributed by atoms with van der Waals surface area (Å²) in [6.45, 7) is 2.18. The highest BCUT2D eigenvalue weighted by atomic mass is 31.2. The third kappa shape index (κ3) is 7.80. The first-order valence-electron chi connectivity index (χ1n) is 7.60. The van der Waals surface area contributed by atoms with Crippen molar-refractivity contribution in [1.82, 2.24) is 19.5 Å². The predicted octanol–water partition coefficient (Wildman–Crippen LogP) is 0.315. The van der Waals surface area contributed by atoms with Crippen molar-refractivity contribution < 1.29 is 38.5 Å². The Morgan fingerprint density at radius 2 is 1.89 bits per heavy atom. The highest BCUT2D eigenvalue weighted by Crippen LogP contribution is 2.40. The van der Waals surface area contributed by atoms with Gasteiger partial charge in [-0.1, -0.05) is 0 Å². The van der Waals surface area contributed by atoms with E-state index < -0.39 is 19.5 Å². The second-order valence-corrected chi connectivity index (χ2v) is 7.16. The molecular formula is C14H20N5O8P. The Hall–Kier alpha value is -2.86. The normalized spacial score (nSPS) is 14.2. The van der Waals surface area contributed by atoms with E-state index in [2.05, 4.69) is 19.5 Å². The standard InChI is InChI=1S/C10H16N5O4P.C4H4O4/c1-7(19-6-20(16,17)18-2)3-15-5-14-8-9(11)12-4-13-10(8)15;5-3(6)1-2-4(7)8/h4-5,7H,3,6H2,1-2H3,(H,16,17)(H2,11,12,13);1-2H,(H,5,6)(H,7,8)/b;2-1+/t7-;/m1./s1. The van der Waals surface area contributed by atoms with Crippen LogP contribution in [0.5, 0.6) is 0 Å². The maximum absolute atomic E-state index is 11.3. The molecule has 14 heteroatoms. The SMILES string of the molecule is COP(=O)(O)CO[C@H](C)Cn1cnc2c(N)ncnc21.O=C(O)/C=C/C(=O)O. The van der Waals surface area contributed by atoms with Crippen LogP contribution in [0.1, 0.15) is 6.92 Å². The van der Waals surface area contributed by atoms with E-state index in [-0.39, 0.29) is 12.5 Å². The number of nitrogens with two attached hydrogens (primary N) is 1. The zero-order valence-corrected chi connectivity index (χ0v) is 15.9. The van der Waals surface area contributed by atoms with Gasteiger partial charge in [-0.05, 0) is 6.92 Å². The maximum Gasteiger partial charge on any atom is 0.353 e. The third-order valence-electron chi connectivity index (χ3n) is 3.06. The Kier molecular flexibility index (Phi) is 8.67. The fourth-order valence-electron chi connectivity index (χ4n) is 1.78. The number of ether oxygens (including phenoxy) is 1. The van der Waals surface area contributed by atoms with Gasteiger partial charge in [0.15, 0.2) is 11.5 Å². The van der Waals surface area contributed by atoms with E-state index in [0.717, 1.165) is 7.11 Å². The van der Waals surface area contributed by atoms with Crippen LogP contribution in [-0.4, -0.2) is 66.1 Å². The molecule has 2 heterocycles. The zero-order valence-electron chi connectivity index (χ0n) is 15.0. The monoisotopic (exact) mass is 417 g/mol. The molecule has 2 rings (SSSR count). The van der Waals surface area contributed by atoms with Crippen LogP contribution in [0, 0.1) is 0 Å². The quantitative estimate of drug-likeness (QED) is 0.339. The number of hydrogen-bond donors (Lipinski definition) is 4. The van der Waals surface area contributed by atoms with Gasteiger partial charge in [0.1, 0.15) is 18.2 Å². The summed E-state index contributed by atoms with van der Waals surface area (Å²) in [6, 6.07) is 0. The molecular weight excluding hydrogens is 397 g/mol. The van der Waals surface area contributed by atoms with Crippen molar-refractivity contribution in [3.63, 3.8) is 0 Å². The van der Waals surface area contributed by atoms with E-state index in [1.54, 1.807) is 17.8 Å². The third-order valence-corrected chi connectivity index (χ3v) is 4.11. The molecule has 2 aromatic rings. The molecule has 0 spiro atoms. The molecule has 0 amide bonds. The molecule has 154 valence electrons. The van der Waals surface area contributed by atoms with Crippen LogP contribution in [-0.2, 0) is 30.0 Å². The number of imidazole rings is 1. The molecule has 0 bridgehead atoms. The number of rotatable bonds is 8. The Balaban J connectivity index is 0.000000416. The fourth-order valence-corrected chi connectivity index (χ4v) is 2.33. The second kappa shape index (κ2) is 10.5. The average Bonchev–Trinajstić information content (AvgIpc) is 3.03. The van der Waals surface area contributed by atoms with Crippen LogP contribution in [0.3, 0.4) is 0 Å². The van der Waals surface area contributed by atoms with E-state index in [0.29, 0.717) is 35.7 Å². The van der Waals surface area contributed by atoms with Gasteiger partial charge in [-0.15, -0.1) is 0 Å². The van der Waals surface area contributed by atoms with Gasteiger partial charge in [0, 0.05) is 19.3 Å². The van der Waals surface area contributed by atoms with Crippen LogP contribution in [0.2, 0.25) is 0 Å². The number of carbonyl (C=O) groups is 2. The number of aromatic nitrogens is 4. The van der Waals surface area contributed by atoms with Crippen molar-refractivity contribution in [2.24, 2.45) is 0 Å². The smallest absolute Gasteiger partial charge is 0.353 e. The fraction of sp³-hybridized carbons (Fsp3) is 0.357. The molecule has 0 saturated heterocycles. The lowest BCUT2D eigenvalue weighted by atomic mass is 10.4. The topological polar surface area (TPSA) is 200 Å². The first-order chi connectivity index (χ1) is 13.1. The zero-order chi connectivity index (χ0) is 21.3. The summed E-state index contributed by atoms with van der Waals surface area (Å²) in [4.78, 5) is 40.4. The number of nitrogen functional groups attached to an aromatic ring is 1. The summed E-state index contributed by atoms with van der Waals surface area (Å²) in [5.74, 6) is -2.21. The van der Waals surface area contributed by atoms with Gasteiger partial charge in [-0.2, -0.15) is 0 Å². The predicted molar refractivity (Wildman–Crippen MR) is 96.4 cm³/mol. The summed E-state index contributed by atoms with van der Waals surface area (Å²) in [5.41, 5.74) is 6.80. The number of anilines is 1. The van der Waals surface area contributed by atoms with Crippen molar-refractivity contribution >= 4 is 36.5 Å². The largest absolute Gasteiger partial charge is 0.478 e. The highest BCUT2D eigenvalue weighted by molar-refractivity contribution is 7.52. The number of fused-ring (bicyclic) bond motifs is 1. The van der Waals surface area contributed by atoms with Gasteiger partial charge >= 0.3 is 19.5 Å². The van der Waals surface area contributed by atoms with E-state index in [1.165, 1.54) is 6.33 Å². The van der Waals surface area contributed by atoms with Gasteiger partial charge in [0.05, 0.1) is 19.0 Å². The van der Waals surface area contributed by atoms with Gasteiger partial charge in [0.2, 0.25) is 0 Å². The van der Waals surface area contributed by atoms with Crippen LogP contribution >= 0.6 is 7.60 Å². The number of hydrogen-bond acceptors (Lipinski definition) is 9. The molecule has 0 aliphatic heterocycles. The Morgan fingerprint density at radius 1 is 1.29 bits per heavy atom. The lowest BCUT2D eigenvalue weighted by Crippen LogP contribution is -2.17. The van der Waals surface area contributed by atoms with Crippen LogP contribution < -0.4 is 5.73 Å². The van der Waals surface area contributed by atoms with E-state index >= 15 is 0 Å². The molecule has 2 aromatic heterocycles. The summed E-state index contributed by atoms with van der Waals surface area (Å²) in [5, 5.41) is 15.6. The Morgan fingerprint density at radius 3 is 2.43 bits per heavy atom. The van der Waals surface area contributed by atoms with E-state index in [4.69, 9.17) is 20.7 Å². The molecule has 0 aliphatic carbocycles. The van der Waals surface area contributed by atoms with Crippen LogP contribution in [0.4, 0.5) is 5.82 Å². The average molecular weight is 417 g/mol. The Labute approximate surface area is 159 Å².